The number of benzene rings is 4. The zero-order valence-electron chi connectivity index (χ0n) is 17.7. The Kier molecular flexibility index (Phi) is 3.56. The largest absolute Gasteiger partial charge is 0.335 e. The Bertz CT molecular complexity index is 1380. The van der Waals surface area contributed by atoms with Crippen molar-refractivity contribution in [1.29, 1.82) is 0 Å². The number of fused-ring (bicyclic) bond motifs is 6. The third-order valence-corrected chi connectivity index (χ3v) is 6.53. The molecule has 0 saturated heterocycles. The van der Waals surface area contributed by atoms with Crippen molar-refractivity contribution in [1.82, 2.24) is 4.57 Å². The summed E-state index contributed by atoms with van der Waals surface area (Å²) in [6.45, 7) is 6.86. The van der Waals surface area contributed by atoms with Crippen LogP contribution in [0.15, 0.2) is 91.0 Å². The number of para-hydroxylation sites is 1. The molecule has 0 unspecified atom stereocenters. The Morgan fingerprint density at radius 1 is 0.600 bits per heavy atom. The van der Waals surface area contributed by atoms with Crippen LogP contribution >= 0.6 is 0 Å². The Labute approximate surface area is 177 Å². The molecule has 1 aliphatic carbocycles. The lowest BCUT2D eigenvalue weighted by Crippen LogP contribution is -2.21. The maximum absolute atomic E-state index is 2.48. The highest BCUT2D eigenvalue weighted by molar-refractivity contribution is 6.08. The summed E-state index contributed by atoms with van der Waals surface area (Å²) < 4.78 is 2.48. The van der Waals surface area contributed by atoms with Crippen molar-refractivity contribution in [3.63, 3.8) is 0 Å². The fourth-order valence-corrected chi connectivity index (χ4v) is 5.41. The third-order valence-electron chi connectivity index (χ3n) is 6.53. The smallest absolute Gasteiger partial charge is 0.0496 e. The fourth-order valence-electron chi connectivity index (χ4n) is 5.41. The van der Waals surface area contributed by atoms with Gasteiger partial charge in [0, 0.05) is 33.3 Å². The summed E-state index contributed by atoms with van der Waals surface area (Å²) >= 11 is 0. The quantitative estimate of drug-likeness (QED) is 0.272. The molecule has 0 bridgehead atoms. The Hall–Kier alpha value is -3.32. The maximum Gasteiger partial charge on any atom is 0.0496 e. The van der Waals surface area contributed by atoms with Crippen molar-refractivity contribution >= 4 is 21.8 Å². The zero-order valence-corrected chi connectivity index (χ0v) is 17.7. The SMILES string of the molecule is CC(C)(C)n1c2ccccc2c2cc(C3c4ccccc4-c4ccccc43)ccc21. The highest BCUT2D eigenvalue weighted by Crippen LogP contribution is 2.48. The van der Waals surface area contributed by atoms with Gasteiger partial charge in [0.1, 0.15) is 0 Å². The monoisotopic (exact) mass is 387 g/mol. The summed E-state index contributed by atoms with van der Waals surface area (Å²) in [5.41, 5.74) is 9.59. The first-order valence-electron chi connectivity index (χ1n) is 10.8. The van der Waals surface area contributed by atoms with Gasteiger partial charge in [-0.2, -0.15) is 0 Å². The molecule has 4 aromatic carbocycles. The number of rotatable bonds is 1. The second kappa shape index (κ2) is 6.09. The van der Waals surface area contributed by atoms with E-state index in [0.29, 0.717) is 5.92 Å². The van der Waals surface area contributed by atoms with Gasteiger partial charge in [-0.15, -0.1) is 0 Å². The van der Waals surface area contributed by atoms with Gasteiger partial charge in [0.05, 0.1) is 0 Å². The lowest BCUT2D eigenvalue weighted by molar-refractivity contribution is 0.423. The van der Waals surface area contributed by atoms with E-state index in [1.165, 1.54) is 49.6 Å². The molecule has 1 nitrogen and oxygen atoms in total. The van der Waals surface area contributed by atoms with Gasteiger partial charge in [-0.1, -0.05) is 72.8 Å². The van der Waals surface area contributed by atoms with Gasteiger partial charge >= 0.3 is 0 Å². The van der Waals surface area contributed by atoms with Gasteiger partial charge in [0.25, 0.3) is 0 Å². The van der Waals surface area contributed by atoms with Crippen LogP contribution in [-0.2, 0) is 5.54 Å². The van der Waals surface area contributed by atoms with E-state index in [1.54, 1.807) is 0 Å². The topological polar surface area (TPSA) is 4.93 Å². The third kappa shape index (κ3) is 2.35. The first kappa shape index (κ1) is 17.5. The van der Waals surface area contributed by atoms with Crippen LogP contribution in [0.5, 0.6) is 0 Å². The van der Waals surface area contributed by atoms with Crippen LogP contribution in [0.25, 0.3) is 32.9 Å². The first-order chi connectivity index (χ1) is 14.5. The summed E-state index contributed by atoms with van der Waals surface area (Å²) in [4.78, 5) is 0. The van der Waals surface area contributed by atoms with Gasteiger partial charge < -0.3 is 4.57 Å². The number of aromatic nitrogens is 1. The molecule has 0 atom stereocenters. The standard InChI is InChI=1S/C29H25N/c1-29(2,3)30-26-15-9-8-12-22(26)25-18-19(16-17-27(25)30)28-23-13-6-4-10-20(23)21-11-5-7-14-24(21)28/h4-18,28H,1-3H3. The van der Waals surface area contributed by atoms with E-state index in [1.807, 2.05) is 0 Å². The van der Waals surface area contributed by atoms with Crippen LogP contribution in [0.2, 0.25) is 0 Å². The predicted molar refractivity (Wildman–Crippen MR) is 127 cm³/mol. The van der Waals surface area contributed by atoms with Crippen molar-refractivity contribution in [2.75, 3.05) is 0 Å². The Morgan fingerprint density at radius 2 is 1.17 bits per heavy atom. The average Bonchev–Trinajstić information content (AvgIpc) is 3.26. The summed E-state index contributed by atoms with van der Waals surface area (Å²) in [5, 5.41) is 2.68. The molecular weight excluding hydrogens is 362 g/mol. The lowest BCUT2D eigenvalue weighted by atomic mass is 9.88. The summed E-state index contributed by atoms with van der Waals surface area (Å²) in [6, 6.07) is 33.7. The molecule has 0 radical (unpaired) electrons. The van der Waals surface area contributed by atoms with Gasteiger partial charge in [0.2, 0.25) is 0 Å². The van der Waals surface area contributed by atoms with E-state index in [0.717, 1.165) is 0 Å². The summed E-state index contributed by atoms with van der Waals surface area (Å²) in [5.74, 6) is 0.290. The normalized spacial score (nSPS) is 13.7. The van der Waals surface area contributed by atoms with Crippen molar-refractivity contribution in [3.8, 4) is 11.1 Å². The molecule has 0 spiro atoms. The summed E-state index contributed by atoms with van der Waals surface area (Å²) in [6.07, 6.45) is 0. The van der Waals surface area contributed by atoms with E-state index in [9.17, 15) is 0 Å². The Morgan fingerprint density at radius 3 is 1.83 bits per heavy atom. The minimum absolute atomic E-state index is 0.0232. The van der Waals surface area contributed by atoms with Crippen LogP contribution in [0.4, 0.5) is 0 Å². The first-order valence-corrected chi connectivity index (χ1v) is 10.8. The van der Waals surface area contributed by atoms with Crippen molar-refractivity contribution in [2.45, 2.75) is 32.2 Å². The van der Waals surface area contributed by atoms with E-state index < -0.39 is 0 Å². The lowest BCUT2D eigenvalue weighted by Gasteiger charge is -2.24. The summed E-state index contributed by atoms with van der Waals surface area (Å²) in [7, 11) is 0. The van der Waals surface area contributed by atoms with Gasteiger partial charge in [-0.05, 0) is 66.8 Å². The molecule has 1 heterocycles. The Balaban J connectivity index is 1.65. The minimum Gasteiger partial charge on any atom is -0.335 e. The number of hydrogen-bond donors (Lipinski definition) is 0. The molecule has 0 saturated carbocycles. The molecule has 0 amide bonds. The zero-order chi connectivity index (χ0) is 20.5. The molecule has 0 fully saturated rings. The van der Waals surface area contributed by atoms with Crippen LogP contribution in [0, 0.1) is 0 Å². The highest BCUT2D eigenvalue weighted by Gasteiger charge is 2.30. The molecule has 0 N–H and O–H groups in total. The van der Waals surface area contributed by atoms with E-state index in [-0.39, 0.29) is 5.54 Å². The van der Waals surface area contributed by atoms with E-state index in [2.05, 4.69) is 116 Å². The number of hydrogen-bond acceptors (Lipinski definition) is 0. The van der Waals surface area contributed by atoms with Gasteiger partial charge in [-0.25, -0.2) is 0 Å². The molecule has 30 heavy (non-hydrogen) atoms. The van der Waals surface area contributed by atoms with Crippen LogP contribution in [-0.4, -0.2) is 4.57 Å². The van der Waals surface area contributed by atoms with Crippen LogP contribution < -0.4 is 0 Å². The van der Waals surface area contributed by atoms with Gasteiger partial charge in [0.15, 0.2) is 0 Å². The molecule has 0 aliphatic heterocycles. The van der Waals surface area contributed by atoms with E-state index in [4.69, 9.17) is 0 Å². The highest BCUT2D eigenvalue weighted by atomic mass is 15.0. The van der Waals surface area contributed by atoms with Crippen molar-refractivity contribution in [2.24, 2.45) is 0 Å². The average molecular weight is 388 g/mol. The molecule has 1 aliphatic rings. The second-order valence-electron chi connectivity index (χ2n) is 9.41. The van der Waals surface area contributed by atoms with Crippen molar-refractivity contribution < 1.29 is 0 Å². The molecular formula is C29H25N. The fraction of sp³-hybridized carbons (Fsp3) is 0.172. The molecule has 5 aromatic rings. The maximum atomic E-state index is 2.48. The molecule has 146 valence electrons. The van der Waals surface area contributed by atoms with E-state index >= 15 is 0 Å². The molecule has 6 rings (SSSR count). The molecule has 1 aromatic heterocycles. The van der Waals surface area contributed by atoms with Crippen molar-refractivity contribution in [3.05, 3.63) is 108 Å². The van der Waals surface area contributed by atoms with Crippen LogP contribution in [0.3, 0.4) is 0 Å². The number of nitrogens with zero attached hydrogens (tertiary/aromatic N) is 1. The molecule has 1 heteroatoms. The van der Waals surface area contributed by atoms with Gasteiger partial charge in [-0.3, -0.25) is 0 Å². The predicted octanol–water partition coefficient (Wildman–Crippen LogP) is 7.71. The van der Waals surface area contributed by atoms with Crippen LogP contribution in [0.1, 0.15) is 43.4 Å². The minimum atomic E-state index is 0.0232. The second-order valence-corrected chi connectivity index (χ2v) is 9.41.